The van der Waals surface area contributed by atoms with Crippen molar-refractivity contribution < 1.29 is 19.0 Å². The molecular weight excluding hydrogens is 443 g/mol. The molecule has 4 rings (SSSR count). The van der Waals surface area contributed by atoms with E-state index < -0.39 is 0 Å². The highest BCUT2D eigenvalue weighted by Gasteiger charge is 2.35. The molecule has 2 aliphatic rings. The fraction of sp³-hybridized carbons (Fsp3) is 0.455. The highest BCUT2D eigenvalue weighted by atomic mass is 35.5. The van der Waals surface area contributed by atoms with E-state index in [1.165, 1.54) is 7.11 Å². The summed E-state index contributed by atoms with van der Waals surface area (Å²) >= 11 is 13.2. The van der Waals surface area contributed by atoms with Crippen molar-refractivity contribution in [3.63, 3.8) is 0 Å². The Kier molecular flexibility index (Phi) is 6.30. The van der Waals surface area contributed by atoms with Gasteiger partial charge in [-0.3, -0.25) is 9.59 Å². The lowest BCUT2D eigenvalue weighted by atomic mass is 9.90. The highest BCUT2D eigenvalue weighted by molar-refractivity contribution is 6.37. The topological polar surface area (TPSA) is 80.9 Å². The maximum Gasteiger partial charge on any atom is 0.256 e. The number of nitrogens with one attached hydrogen (secondary N) is 1. The van der Waals surface area contributed by atoms with Crippen LogP contribution in [-0.4, -0.2) is 49.5 Å². The Labute approximate surface area is 190 Å². The molecule has 2 atom stereocenters. The Morgan fingerprint density at radius 3 is 2.68 bits per heavy atom. The third-order valence-corrected chi connectivity index (χ3v) is 6.67. The molecule has 1 N–H and O–H groups in total. The molecule has 1 aromatic carbocycles. The maximum atomic E-state index is 13.4. The molecule has 2 aromatic rings. The monoisotopic (exact) mass is 466 g/mol. The summed E-state index contributed by atoms with van der Waals surface area (Å²) in [5, 5.41) is 0.933. The number of carbonyl (C=O) groups excluding carboxylic acids is 1. The molecule has 3 heterocycles. The average molecular weight is 467 g/mol. The average Bonchev–Trinajstić information content (AvgIpc) is 2.71. The van der Waals surface area contributed by atoms with Crippen LogP contribution in [0.2, 0.25) is 10.0 Å². The van der Waals surface area contributed by atoms with Crippen LogP contribution in [0, 0.1) is 12.8 Å². The van der Waals surface area contributed by atoms with Crippen LogP contribution in [0.25, 0.3) is 0 Å². The van der Waals surface area contributed by atoms with Gasteiger partial charge < -0.3 is 24.1 Å². The summed E-state index contributed by atoms with van der Waals surface area (Å²) in [6.45, 7) is 2.90. The zero-order chi connectivity index (χ0) is 22.3. The molecule has 0 radical (unpaired) electrons. The van der Waals surface area contributed by atoms with E-state index in [2.05, 4.69) is 4.98 Å². The van der Waals surface area contributed by atoms with E-state index in [0.717, 1.165) is 11.1 Å². The second kappa shape index (κ2) is 8.82. The van der Waals surface area contributed by atoms with Gasteiger partial charge in [0.05, 0.1) is 36.4 Å². The van der Waals surface area contributed by atoms with Gasteiger partial charge in [-0.1, -0.05) is 23.2 Å². The van der Waals surface area contributed by atoms with Crippen LogP contribution >= 0.6 is 23.2 Å². The predicted molar refractivity (Wildman–Crippen MR) is 117 cm³/mol. The first-order chi connectivity index (χ1) is 14.8. The van der Waals surface area contributed by atoms with Crippen molar-refractivity contribution >= 4 is 29.1 Å². The number of fused-ring (bicyclic) bond motifs is 1. The van der Waals surface area contributed by atoms with E-state index in [1.54, 1.807) is 25.0 Å². The minimum absolute atomic E-state index is 0.122. The number of aromatic nitrogens is 1. The van der Waals surface area contributed by atoms with Crippen molar-refractivity contribution in [1.29, 1.82) is 0 Å². The Bertz CT molecular complexity index is 1080. The van der Waals surface area contributed by atoms with Crippen LogP contribution in [-0.2, 0) is 28.9 Å². The van der Waals surface area contributed by atoms with Gasteiger partial charge >= 0.3 is 0 Å². The molecule has 1 fully saturated rings. The smallest absolute Gasteiger partial charge is 0.256 e. The van der Waals surface area contributed by atoms with Crippen molar-refractivity contribution in [2.75, 3.05) is 27.4 Å². The van der Waals surface area contributed by atoms with Gasteiger partial charge in [0.1, 0.15) is 5.75 Å². The number of rotatable bonds is 6. The van der Waals surface area contributed by atoms with Crippen molar-refractivity contribution in [1.82, 2.24) is 9.88 Å². The number of halogens is 2. The van der Waals surface area contributed by atoms with Crippen molar-refractivity contribution in [2.24, 2.45) is 5.92 Å². The van der Waals surface area contributed by atoms with Crippen LogP contribution in [0.3, 0.4) is 0 Å². The molecule has 0 aliphatic carbocycles. The van der Waals surface area contributed by atoms with Gasteiger partial charge in [0.15, 0.2) is 6.29 Å². The van der Waals surface area contributed by atoms with E-state index in [0.29, 0.717) is 58.6 Å². The summed E-state index contributed by atoms with van der Waals surface area (Å²) < 4.78 is 16.0. The molecule has 7 nitrogen and oxygen atoms in total. The number of carbonyl (C=O) groups is 1. The second-order valence-electron chi connectivity index (χ2n) is 7.89. The quantitative estimate of drug-likeness (QED) is 0.705. The van der Waals surface area contributed by atoms with E-state index in [1.807, 2.05) is 6.07 Å². The van der Waals surface area contributed by atoms with Gasteiger partial charge in [0, 0.05) is 30.3 Å². The summed E-state index contributed by atoms with van der Waals surface area (Å²) in [5.41, 5.74) is 2.76. The third-order valence-electron chi connectivity index (χ3n) is 5.90. The number of methoxy groups -OCH3 is 2. The van der Waals surface area contributed by atoms with E-state index in [9.17, 15) is 9.59 Å². The molecule has 1 amide bonds. The molecule has 0 bridgehead atoms. The third kappa shape index (κ3) is 4.07. The molecule has 2 aliphatic heterocycles. The molecular formula is C22H24Cl2N2O5. The van der Waals surface area contributed by atoms with Crippen molar-refractivity contribution in [3.8, 4) is 5.75 Å². The van der Waals surface area contributed by atoms with Gasteiger partial charge in [-0.2, -0.15) is 0 Å². The number of pyridine rings is 1. The Balaban J connectivity index is 1.65. The first kappa shape index (κ1) is 22.1. The zero-order valence-electron chi connectivity index (χ0n) is 17.6. The number of nitrogens with zero attached hydrogens (tertiary/aromatic N) is 1. The maximum absolute atomic E-state index is 13.4. The number of benzene rings is 1. The van der Waals surface area contributed by atoms with Gasteiger partial charge in [-0.05, 0) is 43.0 Å². The van der Waals surface area contributed by atoms with Gasteiger partial charge in [0.2, 0.25) is 0 Å². The van der Waals surface area contributed by atoms with Crippen LogP contribution in [0.5, 0.6) is 5.75 Å². The number of H-pyrrole nitrogens is 1. The fourth-order valence-corrected chi connectivity index (χ4v) is 4.85. The van der Waals surface area contributed by atoms with Crippen LogP contribution in [0.15, 0.2) is 16.9 Å². The Morgan fingerprint density at radius 2 is 2.03 bits per heavy atom. The Morgan fingerprint density at radius 1 is 1.26 bits per heavy atom. The summed E-state index contributed by atoms with van der Waals surface area (Å²) in [4.78, 5) is 30.3. The summed E-state index contributed by atoms with van der Waals surface area (Å²) in [6, 6.07) is 3.58. The number of hydrogen-bond acceptors (Lipinski definition) is 5. The lowest BCUT2D eigenvalue weighted by Crippen LogP contribution is -2.42. The van der Waals surface area contributed by atoms with E-state index in [4.69, 9.17) is 37.4 Å². The lowest BCUT2D eigenvalue weighted by molar-refractivity contribution is -0.246. The number of aryl methyl sites for hydroxylation is 1. The first-order valence-electron chi connectivity index (χ1n) is 10.0. The fourth-order valence-electron chi connectivity index (χ4n) is 4.21. The molecule has 9 heteroatoms. The van der Waals surface area contributed by atoms with Crippen molar-refractivity contribution in [3.05, 3.63) is 60.5 Å². The summed E-state index contributed by atoms with van der Waals surface area (Å²) in [5.74, 6) is 0.361. The molecule has 1 unspecified atom stereocenters. The van der Waals surface area contributed by atoms with E-state index in [-0.39, 0.29) is 30.2 Å². The SMILES string of the molecule is COc1cc(C)[nH]c(=O)c1CN1CCc2c(Cl)cc(CC3CO[C@@H]3OC)c(Cl)c2C1=O. The predicted octanol–water partition coefficient (Wildman–Crippen LogP) is 3.36. The van der Waals surface area contributed by atoms with Gasteiger partial charge in [-0.15, -0.1) is 0 Å². The van der Waals surface area contributed by atoms with E-state index >= 15 is 0 Å². The summed E-state index contributed by atoms with van der Waals surface area (Å²) in [7, 11) is 3.10. The molecule has 0 saturated carbocycles. The van der Waals surface area contributed by atoms with Crippen molar-refractivity contribution in [2.45, 2.75) is 32.6 Å². The van der Waals surface area contributed by atoms with Crippen LogP contribution < -0.4 is 10.3 Å². The first-order valence-corrected chi connectivity index (χ1v) is 10.8. The highest BCUT2D eigenvalue weighted by Crippen LogP contribution is 2.38. The van der Waals surface area contributed by atoms with Gasteiger partial charge in [0.25, 0.3) is 11.5 Å². The second-order valence-corrected chi connectivity index (χ2v) is 8.68. The lowest BCUT2D eigenvalue weighted by Gasteiger charge is -2.36. The minimum atomic E-state index is -0.279. The van der Waals surface area contributed by atoms with Crippen LogP contribution in [0.4, 0.5) is 0 Å². The largest absolute Gasteiger partial charge is 0.496 e. The molecule has 0 spiro atoms. The molecule has 1 aromatic heterocycles. The minimum Gasteiger partial charge on any atom is -0.496 e. The number of ether oxygens (including phenoxy) is 3. The summed E-state index contributed by atoms with van der Waals surface area (Å²) in [6.07, 6.45) is 0.876. The standard InChI is InChI=1S/C22H24Cl2N2O5/c1-11-6-17(29-2)15(20(27)25-11)9-26-5-4-14-16(23)8-12(19(24)18(14)21(26)28)7-13-10-31-22(13)30-3/h6,8,13,22H,4-5,7,9-10H2,1-3H3,(H,25,27)/t13?,22-/m0/s1. The van der Waals surface area contributed by atoms with Gasteiger partial charge in [-0.25, -0.2) is 0 Å². The number of amides is 1. The molecule has 166 valence electrons. The molecule has 1 saturated heterocycles. The normalized spacial score (nSPS) is 20.4. The number of aromatic amines is 1. The zero-order valence-corrected chi connectivity index (χ0v) is 19.1. The van der Waals surface area contributed by atoms with Crippen LogP contribution in [0.1, 0.15) is 32.7 Å². The Hall–Kier alpha value is -2.06. The number of hydrogen-bond donors (Lipinski definition) is 1. The molecule has 31 heavy (non-hydrogen) atoms.